The summed E-state index contributed by atoms with van der Waals surface area (Å²) in [5.41, 5.74) is 2.93. The molecule has 182 valence electrons. The first-order chi connectivity index (χ1) is 15.6. The van der Waals surface area contributed by atoms with Crippen LogP contribution in [-0.4, -0.2) is 39.4 Å². The lowest BCUT2D eigenvalue weighted by atomic mass is 9.61. The van der Waals surface area contributed by atoms with Gasteiger partial charge >= 0.3 is 0 Å². The van der Waals surface area contributed by atoms with Crippen molar-refractivity contribution in [1.29, 1.82) is 0 Å². The van der Waals surface area contributed by atoms with Crippen LogP contribution in [0.1, 0.15) is 78.6 Å². The normalized spacial score (nSPS) is 40.2. The van der Waals surface area contributed by atoms with E-state index in [1.165, 1.54) is 31.3 Å². The maximum Gasteiger partial charge on any atom is 0.138 e. The van der Waals surface area contributed by atoms with Gasteiger partial charge in [-0.25, -0.2) is 0 Å². The summed E-state index contributed by atoms with van der Waals surface area (Å²) in [4.78, 5) is 11.9. The lowest BCUT2D eigenvalue weighted by Crippen LogP contribution is -2.35. The van der Waals surface area contributed by atoms with Gasteiger partial charge in [0.15, 0.2) is 0 Å². The van der Waals surface area contributed by atoms with Crippen LogP contribution in [-0.2, 0) is 4.79 Å². The van der Waals surface area contributed by atoms with Crippen molar-refractivity contribution >= 4 is 5.78 Å². The van der Waals surface area contributed by atoms with Gasteiger partial charge in [0.1, 0.15) is 5.78 Å². The van der Waals surface area contributed by atoms with Crippen LogP contribution in [0.15, 0.2) is 47.6 Å². The van der Waals surface area contributed by atoms with E-state index in [-0.39, 0.29) is 11.2 Å². The van der Waals surface area contributed by atoms with Gasteiger partial charge in [-0.1, -0.05) is 50.3 Å². The molecule has 0 amide bonds. The highest BCUT2D eigenvalue weighted by molar-refractivity contribution is 5.86. The second kappa shape index (κ2) is 9.28. The number of hydrogen-bond donors (Lipinski definition) is 3. The average molecular weight is 455 g/mol. The van der Waals surface area contributed by atoms with Crippen molar-refractivity contribution in [1.82, 2.24) is 0 Å². The van der Waals surface area contributed by atoms with Crippen molar-refractivity contribution in [3.8, 4) is 0 Å². The lowest BCUT2D eigenvalue weighted by Gasteiger charge is -2.44. The van der Waals surface area contributed by atoms with Crippen molar-refractivity contribution < 1.29 is 20.1 Å². The van der Waals surface area contributed by atoms with Crippen LogP contribution in [0.4, 0.5) is 0 Å². The monoisotopic (exact) mass is 454 g/mol. The molecule has 33 heavy (non-hydrogen) atoms. The molecule has 0 spiro atoms. The molecule has 0 aromatic heterocycles. The van der Waals surface area contributed by atoms with E-state index in [4.69, 9.17) is 0 Å². The van der Waals surface area contributed by atoms with Crippen molar-refractivity contribution in [2.45, 2.75) is 96.9 Å². The van der Waals surface area contributed by atoms with Crippen molar-refractivity contribution in [2.75, 3.05) is 0 Å². The number of fused-ring (bicyclic) bond motifs is 1. The number of carbonyl (C=O) groups is 1. The maximum absolute atomic E-state index is 11.9. The van der Waals surface area contributed by atoms with E-state index in [1.54, 1.807) is 6.92 Å². The molecule has 4 aliphatic carbocycles. The number of aliphatic hydroxyl groups is 3. The first kappa shape index (κ1) is 24.6. The van der Waals surface area contributed by atoms with Crippen LogP contribution in [0.2, 0.25) is 0 Å². The summed E-state index contributed by atoms with van der Waals surface area (Å²) in [6, 6.07) is 0. The Morgan fingerprint density at radius 1 is 1.15 bits per heavy atom. The molecule has 0 radical (unpaired) electrons. The van der Waals surface area contributed by atoms with E-state index in [0.717, 1.165) is 30.4 Å². The minimum absolute atomic E-state index is 0.108. The van der Waals surface area contributed by atoms with Gasteiger partial charge < -0.3 is 15.3 Å². The Morgan fingerprint density at radius 2 is 1.88 bits per heavy atom. The Balaban J connectivity index is 1.48. The molecule has 7 atom stereocenters. The quantitative estimate of drug-likeness (QED) is 0.491. The molecule has 0 unspecified atom stereocenters. The van der Waals surface area contributed by atoms with Gasteiger partial charge in [-0.2, -0.15) is 0 Å². The van der Waals surface area contributed by atoms with Crippen LogP contribution in [0.25, 0.3) is 0 Å². The molecule has 4 aliphatic rings. The number of hydrogen-bond acceptors (Lipinski definition) is 4. The highest BCUT2D eigenvalue weighted by Gasteiger charge is 2.53. The smallest absolute Gasteiger partial charge is 0.138 e. The minimum atomic E-state index is -0.662. The SMILES string of the molecule is C=C1C(=CC=C2CCC[C@]3(C)[C@@H]([C@H](C)C=C[C@@H](O)C4(C(C)=O)CC4)CC[C@@H]23)C[C@@H](O)C[C@@H]1O. The highest BCUT2D eigenvalue weighted by atomic mass is 16.3. The molecule has 0 saturated heterocycles. The molecule has 4 heteroatoms. The van der Waals surface area contributed by atoms with Crippen molar-refractivity contribution in [3.63, 3.8) is 0 Å². The third-order valence-corrected chi connectivity index (χ3v) is 9.59. The standard InChI is InChI=1S/C29H42O4/c1-18(7-12-27(33)29(14-15-29)20(3)30)24-10-11-25-21(6-5-13-28(24,25)4)8-9-22-16-23(31)17-26(32)19(22)2/h7-9,12,18,23-27,31-33H,2,5-6,10-11,13-17H2,1,3-4H3/t18-,23-,24-,25+,26+,27-,28-/m1/s1. The van der Waals surface area contributed by atoms with E-state index in [0.29, 0.717) is 30.6 Å². The van der Waals surface area contributed by atoms with Crippen LogP contribution in [0, 0.1) is 28.6 Å². The second-order valence-electron chi connectivity index (χ2n) is 11.6. The summed E-state index contributed by atoms with van der Waals surface area (Å²) < 4.78 is 0. The topological polar surface area (TPSA) is 77.8 Å². The summed E-state index contributed by atoms with van der Waals surface area (Å²) in [6.45, 7) is 10.4. The Hall–Kier alpha value is -1.49. The molecule has 0 aromatic carbocycles. The van der Waals surface area contributed by atoms with Crippen LogP contribution >= 0.6 is 0 Å². The zero-order valence-corrected chi connectivity index (χ0v) is 20.6. The Kier molecular flexibility index (Phi) is 6.93. The third kappa shape index (κ3) is 4.59. The largest absolute Gasteiger partial charge is 0.393 e. The molecule has 0 aromatic rings. The van der Waals surface area contributed by atoms with Gasteiger partial charge in [0.25, 0.3) is 0 Å². The van der Waals surface area contributed by atoms with E-state index in [2.05, 4.69) is 38.7 Å². The van der Waals surface area contributed by atoms with Gasteiger partial charge in [0, 0.05) is 6.42 Å². The molecule has 4 rings (SSSR count). The summed E-state index contributed by atoms with van der Waals surface area (Å²) in [7, 11) is 0. The fourth-order valence-electron chi connectivity index (χ4n) is 7.20. The van der Waals surface area contributed by atoms with Gasteiger partial charge in [-0.05, 0) is 92.6 Å². The summed E-state index contributed by atoms with van der Waals surface area (Å²) in [6.07, 6.45) is 15.0. The van der Waals surface area contributed by atoms with E-state index >= 15 is 0 Å². The van der Waals surface area contributed by atoms with Gasteiger partial charge in [-0.15, -0.1) is 0 Å². The fourth-order valence-corrected chi connectivity index (χ4v) is 7.20. The lowest BCUT2D eigenvalue weighted by molar-refractivity contribution is -0.124. The summed E-state index contributed by atoms with van der Waals surface area (Å²) in [5, 5.41) is 30.8. The number of aliphatic hydroxyl groups excluding tert-OH is 3. The summed E-state index contributed by atoms with van der Waals surface area (Å²) >= 11 is 0. The van der Waals surface area contributed by atoms with Crippen LogP contribution < -0.4 is 0 Å². The first-order valence-corrected chi connectivity index (χ1v) is 12.9. The molecule has 0 aliphatic heterocycles. The average Bonchev–Trinajstić information content (AvgIpc) is 3.50. The zero-order chi connectivity index (χ0) is 24.0. The number of carbonyl (C=O) groups excluding carboxylic acids is 1. The maximum atomic E-state index is 11.9. The summed E-state index contributed by atoms with van der Waals surface area (Å²) in [5.74, 6) is 1.58. The Morgan fingerprint density at radius 3 is 2.55 bits per heavy atom. The molecule has 0 bridgehead atoms. The van der Waals surface area contributed by atoms with E-state index in [9.17, 15) is 20.1 Å². The third-order valence-electron chi connectivity index (χ3n) is 9.59. The fraction of sp³-hybridized carbons (Fsp3) is 0.690. The Bertz CT molecular complexity index is 876. The highest BCUT2D eigenvalue weighted by Crippen LogP contribution is 2.59. The molecule has 0 heterocycles. The van der Waals surface area contributed by atoms with Gasteiger partial charge in [0.2, 0.25) is 0 Å². The predicted molar refractivity (Wildman–Crippen MR) is 131 cm³/mol. The van der Waals surface area contributed by atoms with Crippen LogP contribution in [0.5, 0.6) is 0 Å². The van der Waals surface area contributed by atoms with Crippen molar-refractivity contribution in [2.24, 2.45) is 28.6 Å². The molecule has 3 N–H and O–H groups in total. The predicted octanol–water partition coefficient (Wildman–Crippen LogP) is 5.05. The first-order valence-electron chi connectivity index (χ1n) is 12.9. The van der Waals surface area contributed by atoms with Gasteiger partial charge in [-0.3, -0.25) is 4.79 Å². The zero-order valence-electron chi connectivity index (χ0n) is 20.6. The van der Waals surface area contributed by atoms with E-state index in [1.807, 2.05) is 6.08 Å². The van der Waals surface area contributed by atoms with E-state index < -0.39 is 23.7 Å². The number of rotatable bonds is 6. The molecule has 4 nitrogen and oxygen atoms in total. The Labute approximate surface area is 199 Å². The minimum Gasteiger partial charge on any atom is -0.393 e. The van der Waals surface area contributed by atoms with Crippen molar-refractivity contribution in [3.05, 3.63) is 47.6 Å². The second-order valence-corrected chi connectivity index (χ2v) is 11.6. The number of ketones is 1. The molecule has 4 saturated carbocycles. The number of Topliss-reactive ketones (excluding diaryl/α,β-unsaturated/α-hetero) is 1. The molecule has 4 fully saturated rings. The molecular formula is C29H42O4. The van der Waals surface area contributed by atoms with Gasteiger partial charge in [0.05, 0.1) is 23.7 Å². The number of allylic oxidation sites excluding steroid dienone is 4. The van der Waals surface area contributed by atoms with Crippen LogP contribution in [0.3, 0.4) is 0 Å². The molecular weight excluding hydrogens is 412 g/mol.